The highest BCUT2D eigenvalue weighted by Gasteiger charge is 2.74. The van der Waals surface area contributed by atoms with Crippen molar-refractivity contribution >= 4 is 11.9 Å². The van der Waals surface area contributed by atoms with Gasteiger partial charge in [0.05, 0.1) is 25.1 Å². The highest BCUT2D eigenvalue weighted by molar-refractivity contribution is 5.87. The van der Waals surface area contributed by atoms with Crippen LogP contribution in [0.1, 0.15) is 44.8 Å². The maximum absolute atomic E-state index is 13.5. The first-order valence-corrected chi connectivity index (χ1v) is 12.7. The zero-order valence-corrected chi connectivity index (χ0v) is 20.6. The van der Waals surface area contributed by atoms with Crippen LogP contribution in [0.4, 0.5) is 0 Å². The molecular formula is C26H32O11. The Morgan fingerprint density at radius 1 is 1.11 bits per heavy atom. The average Bonchev–Trinajstić information content (AvgIpc) is 3.40. The number of fused-ring (bicyclic) bond motifs is 2. The van der Waals surface area contributed by atoms with E-state index in [4.69, 9.17) is 23.4 Å². The van der Waals surface area contributed by atoms with Gasteiger partial charge in [-0.15, -0.1) is 0 Å². The molecule has 11 heteroatoms. The summed E-state index contributed by atoms with van der Waals surface area (Å²) < 4.78 is 28.7. The van der Waals surface area contributed by atoms with Gasteiger partial charge in [0.25, 0.3) is 0 Å². The van der Waals surface area contributed by atoms with E-state index in [2.05, 4.69) is 0 Å². The normalized spacial score (nSPS) is 50.7. The Kier molecular flexibility index (Phi) is 5.65. The number of aliphatic hydroxyl groups is 4. The molecule has 11 nitrogen and oxygen atoms in total. The largest absolute Gasteiger partial charge is 0.472 e. The third-order valence-electron chi connectivity index (χ3n) is 9.62. The molecule has 2 aliphatic carbocycles. The lowest BCUT2D eigenvalue weighted by Crippen LogP contribution is -2.74. The molecule has 3 saturated heterocycles. The average molecular weight is 521 g/mol. The lowest BCUT2D eigenvalue weighted by atomic mass is 9.42. The molecule has 7 rings (SSSR count). The highest BCUT2D eigenvalue weighted by atomic mass is 16.7. The minimum Gasteiger partial charge on any atom is -0.472 e. The lowest BCUT2D eigenvalue weighted by molar-refractivity contribution is -0.350. The van der Waals surface area contributed by atoms with E-state index in [1.54, 1.807) is 24.5 Å². The van der Waals surface area contributed by atoms with Gasteiger partial charge in [-0.2, -0.15) is 0 Å². The van der Waals surface area contributed by atoms with E-state index in [1.807, 2.05) is 13.8 Å². The van der Waals surface area contributed by atoms with Crippen LogP contribution in [0.25, 0.3) is 0 Å². The molecule has 0 aromatic carbocycles. The van der Waals surface area contributed by atoms with Crippen LogP contribution in [0, 0.1) is 22.7 Å². The summed E-state index contributed by atoms with van der Waals surface area (Å²) >= 11 is 0. The first kappa shape index (κ1) is 25.0. The summed E-state index contributed by atoms with van der Waals surface area (Å²) in [5.41, 5.74) is -2.45. The van der Waals surface area contributed by atoms with E-state index < -0.39 is 77.8 Å². The first-order valence-electron chi connectivity index (χ1n) is 12.7. The van der Waals surface area contributed by atoms with Crippen LogP contribution in [0.2, 0.25) is 0 Å². The van der Waals surface area contributed by atoms with Crippen molar-refractivity contribution in [1.29, 1.82) is 0 Å². The van der Waals surface area contributed by atoms with Gasteiger partial charge in [-0.1, -0.05) is 13.8 Å². The van der Waals surface area contributed by atoms with Crippen molar-refractivity contribution in [2.45, 2.75) is 81.6 Å². The maximum Gasteiger partial charge on any atom is 0.343 e. The molecule has 2 bridgehead atoms. The number of carbonyl (C=O) groups excluding carboxylic acids is 2. The van der Waals surface area contributed by atoms with Gasteiger partial charge < -0.3 is 43.8 Å². The Labute approximate surface area is 212 Å². The van der Waals surface area contributed by atoms with Crippen LogP contribution in [0.15, 0.2) is 35.2 Å². The SMILES string of the molecule is CC12CC(c3ccoc3)OC(=O)C1CCC1(C)C2C2C=CC1(OC1OC(CO)C(O)C(O)C1O)C(=O)O2. The van der Waals surface area contributed by atoms with E-state index in [-0.39, 0.29) is 11.9 Å². The van der Waals surface area contributed by atoms with Gasteiger partial charge in [-0.05, 0) is 42.9 Å². The molecular weight excluding hydrogens is 488 g/mol. The van der Waals surface area contributed by atoms with Gasteiger partial charge >= 0.3 is 11.9 Å². The minimum absolute atomic E-state index is 0.303. The van der Waals surface area contributed by atoms with Crippen molar-refractivity contribution in [3.8, 4) is 0 Å². The molecule has 12 unspecified atom stereocenters. The lowest BCUT2D eigenvalue weighted by Gasteiger charge is -2.67. The molecule has 4 aliphatic heterocycles. The van der Waals surface area contributed by atoms with Gasteiger partial charge in [-0.25, -0.2) is 4.79 Å². The number of hydrogen-bond acceptors (Lipinski definition) is 11. The van der Waals surface area contributed by atoms with Gasteiger partial charge in [0, 0.05) is 16.9 Å². The van der Waals surface area contributed by atoms with Crippen molar-refractivity contribution in [2.75, 3.05) is 6.61 Å². The standard InChI is InChI=1S/C26H32O11/c1-24-9-15(12-5-8-33-11-12)34-21(31)13(24)3-6-25(2)20(24)14-4-7-26(25,23(32)36-14)37-22-19(30)18(29)17(28)16(10-27)35-22/h4-5,7-8,11,13-20,22,27-30H,3,6,9-10H2,1-2H3. The number of esters is 2. The zero-order valence-electron chi connectivity index (χ0n) is 20.6. The van der Waals surface area contributed by atoms with Crippen molar-refractivity contribution in [2.24, 2.45) is 22.7 Å². The van der Waals surface area contributed by atoms with E-state index in [1.165, 1.54) is 6.26 Å². The van der Waals surface area contributed by atoms with E-state index in [0.717, 1.165) is 5.56 Å². The summed E-state index contributed by atoms with van der Waals surface area (Å²) in [6.07, 6.45) is -0.916. The zero-order chi connectivity index (χ0) is 26.3. The predicted molar refractivity (Wildman–Crippen MR) is 121 cm³/mol. The van der Waals surface area contributed by atoms with Crippen LogP contribution in [0.3, 0.4) is 0 Å². The molecule has 0 radical (unpaired) electrons. The summed E-state index contributed by atoms with van der Waals surface area (Å²) in [6, 6.07) is 1.76. The predicted octanol–water partition coefficient (Wildman–Crippen LogP) is 0.357. The van der Waals surface area contributed by atoms with E-state index in [9.17, 15) is 30.0 Å². The van der Waals surface area contributed by atoms with Crippen LogP contribution >= 0.6 is 0 Å². The third-order valence-corrected chi connectivity index (χ3v) is 9.62. The summed E-state index contributed by atoms with van der Waals surface area (Å²) in [7, 11) is 0. The fraction of sp³-hybridized carbons (Fsp3) is 0.692. The second-order valence-corrected chi connectivity index (χ2v) is 11.5. The summed E-state index contributed by atoms with van der Waals surface area (Å²) in [4.78, 5) is 26.7. The van der Waals surface area contributed by atoms with Crippen LogP contribution < -0.4 is 0 Å². The van der Waals surface area contributed by atoms with Crippen LogP contribution in [-0.2, 0) is 28.5 Å². The molecule has 1 aromatic heterocycles. The number of cyclic esters (lactones) is 1. The molecule has 4 fully saturated rings. The van der Waals surface area contributed by atoms with E-state index in [0.29, 0.717) is 19.3 Å². The Hall–Kier alpha value is -2.28. The highest BCUT2D eigenvalue weighted by Crippen LogP contribution is 2.68. The molecule has 202 valence electrons. The molecule has 1 saturated carbocycles. The topological polar surface area (TPSA) is 165 Å². The number of aliphatic hydroxyl groups excluding tert-OH is 4. The first-order chi connectivity index (χ1) is 17.6. The molecule has 1 aromatic rings. The molecule has 12 atom stereocenters. The third kappa shape index (κ3) is 3.28. The van der Waals surface area contributed by atoms with Crippen LogP contribution in [-0.4, -0.2) is 81.4 Å². The minimum atomic E-state index is -1.69. The second kappa shape index (κ2) is 8.36. The van der Waals surface area contributed by atoms with Gasteiger partial charge in [-0.3, -0.25) is 4.79 Å². The number of carbonyl (C=O) groups is 2. The summed E-state index contributed by atoms with van der Waals surface area (Å²) in [5.74, 6) is -1.71. The molecule has 37 heavy (non-hydrogen) atoms. The Bertz CT molecular complexity index is 1100. The Morgan fingerprint density at radius 2 is 1.89 bits per heavy atom. The molecule has 4 N–H and O–H groups in total. The molecule has 6 aliphatic rings. The second-order valence-electron chi connectivity index (χ2n) is 11.5. The summed E-state index contributed by atoms with van der Waals surface area (Å²) in [5, 5.41) is 40.8. The molecule has 0 amide bonds. The molecule has 5 heterocycles. The van der Waals surface area contributed by atoms with Crippen molar-refractivity contribution in [3.63, 3.8) is 0 Å². The fourth-order valence-electron chi connectivity index (χ4n) is 7.71. The Morgan fingerprint density at radius 3 is 2.57 bits per heavy atom. The Balaban J connectivity index is 1.38. The smallest absolute Gasteiger partial charge is 0.343 e. The van der Waals surface area contributed by atoms with Gasteiger partial charge in [0.15, 0.2) is 11.9 Å². The number of rotatable bonds is 4. The summed E-state index contributed by atoms with van der Waals surface area (Å²) in [6.45, 7) is 3.32. The van der Waals surface area contributed by atoms with Crippen LogP contribution in [0.5, 0.6) is 0 Å². The monoisotopic (exact) mass is 520 g/mol. The fourth-order valence-corrected chi connectivity index (χ4v) is 7.71. The number of hydrogen-bond donors (Lipinski definition) is 4. The maximum atomic E-state index is 13.5. The quantitative estimate of drug-likeness (QED) is 0.320. The van der Waals surface area contributed by atoms with E-state index >= 15 is 0 Å². The number of ether oxygens (including phenoxy) is 4. The number of furan rings is 1. The van der Waals surface area contributed by atoms with Crippen molar-refractivity contribution in [3.05, 3.63) is 36.3 Å². The van der Waals surface area contributed by atoms with Gasteiger partial charge in [0.2, 0.25) is 0 Å². The van der Waals surface area contributed by atoms with Gasteiger partial charge in [0.1, 0.15) is 36.6 Å². The van der Waals surface area contributed by atoms with Crippen molar-refractivity contribution < 1.29 is 53.4 Å². The van der Waals surface area contributed by atoms with Crippen molar-refractivity contribution in [1.82, 2.24) is 0 Å². The molecule has 0 spiro atoms.